The summed E-state index contributed by atoms with van der Waals surface area (Å²) in [6.07, 6.45) is 0. The van der Waals surface area contributed by atoms with Crippen molar-refractivity contribution in [3.8, 4) is 0 Å². The summed E-state index contributed by atoms with van der Waals surface area (Å²) in [6.45, 7) is 0.424. The number of carboxylic acid groups (broad SMARTS) is 1. The Morgan fingerprint density at radius 2 is 2.20 bits per heavy atom. The second kappa shape index (κ2) is 4.91. The number of likely N-dealkylation sites (N-methyl/N-ethyl adjacent to an activating group) is 1. The highest BCUT2D eigenvalue weighted by Gasteiger charge is 2.21. The van der Waals surface area contributed by atoms with Gasteiger partial charge in [-0.1, -0.05) is 24.3 Å². The van der Waals surface area contributed by atoms with Gasteiger partial charge in [0.25, 0.3) is 0 Å². The second-order valence-corrected chi connectivity index (χ2v) is 3.65. The van der Waals surface area contributed by atoms with E-state index in [4.69, 9.17) is 10.8 Å². The van der Waals surface area contributed by atoms with Gasteiger partial charge in [0.2, 0.25) is 0 Å². The Kier molecular flexibility index (Phi) is 3.82. The topological polar surface area (TPSA) is 66.6 Å². The SMILES string of the molecule is CN(C)[C@H](C(=O)O)c1cccc(CN)c1. The van der Waals surface area contributed by atoms with Gasteiger partial charge in [-0.15, -0.1) is 0 Å². The van der Waals surface area contributed by atoms with Crippen LogP contribution in [0.4, 0.5) is 0 Å². The normalized spacial score (nSPS) is 12.8. The number of carboxylic acids is 1. The van der Waals surface area contributed by atoms with E-state index < -0.39 is 12.0 Å². The molecular weight excluding hydrogens is 192 g/mol. The summed E-state index contributed by atoms with van der Waals surface area (Å²) < 4.78 is 0. The minimum absolute atomic E-state index is 0.424. The van der Waals surface area contributed by atoms with Crippen molar-refractivity contribution in [1.82, 2.24) is 4.90 Å². The van der Waals surface area contributed by atoms with Crippen LogP contribution in [0.15, 0.2) is 24.3 Å². The standard InChI is InChI=1S/C11H16N2O2/c1-13(2)10(11(14)15)9-5-3-4-8(6-9)7-12/h3-6,10H,7,12H2,1-2H3,(H,14,15)/t10-/m0/s1. The highest BCUT2D eigenvalue weighted by atomic mass is 16.4. The van der Waals surface area contributed by atoms with Crippen molar-refractivity contribution in [2.24, 2.45) is 5.73 Å². The van der Waals surface area contributed by atoms with Crippen LogP contribution in [0.1, 0.15) is 17.2 Å². The van der Waals surface area contributed by atoms with Crippen molar-refractivity contribution in [1.29, 1.82) is 0 Å². The molecule has 0 aliphatic carbocycles. The molecule has 82 valence electrons. The van der Waals surface area contributed by atoms with Gasteiger partial charge in [-0.05, 0) is 25.2 Å². The average Bonchev–Trinajstić information content (AvgIpc) is 2.17. The quantitative estimate of drug-likeness (QED) is 0.769. The summed E-state index contributed by atoms with van der Waals surface area (Å²) in [5.41, 5.74) is 7.21. The first-order valence-electron chi connectivity index (χ1n) is 4.74. The third-order valence-corrected chi connectivity index (χ3v) is 2.25. The molecule has 0 saturated heterocycles. The first-order valence-corrected chi connectivity index (χ1v) is 4.74. The number of carbonyl (C=O) groups is 1. The molecule has 1 rings (SSSR count). The lowest BCUT2D eigenvalue weighted by atomic mass is 10.0. The molecule has 0 radical (unpaired) electrons. The highest BCUT2D eigenvalue weighted by Crippen LogP contribution is 2.19. The molecule has 15 heavy (non-hydrogen) atoms. The molecule has 0 bridgehead atoms. The van der Waals surface area contributed by atoms with Gasteiger partial charge < -0.3 is 10.8 Å². The fourth-order valence-electron chi connectivity index (χ4n) is 1.55. The molecule has 0 saturated carbocycles. The van der Waals surface area contributed by atoms with E-state index in [1.54, 1.807) is 25.1 Å². The molecular formula is C11H16N2O2. The maximum Gasteiger partial charge on any atom is 0.325 e. The van der Waals surface area contributed by atoms with Gasteiger partial charge in [0, 0.05) is 6.54 Å². The second-order valence-electron chi connectivity index (χ2n) is 3.65. The minimum atomic E-state index is -0.853. The smallest absolute Gasteiger partial charge is 0.325 e. The number of hydrogen-bond acceptors (Lipinski definition) is 3. The van der Waals surface area contributed by atoms with E-state index in [9.17, 15) is 4.79 Å². The predicted molar refractivity (Wildman–Crippen MR) is 58.4 cm³/mol. The third kappa shape index (κ3) is 2.78. The zero-order chi connectivity index (χ0) is 11.4. The van der Waals surface area contributed by atoms with Crippen molar-refractivity contribution in [2.45, 2.75) is 12.6 Å². The van der Waals surface area contributed by atoms with Crippen molar-refractivity contribution in [3.05, 3.63) is 35.4 Å². The van der Waals surface area contributed by atoms with Crippen molar-refractivity contribution < 1.29 is 9.90 Å². The van der Waals surface area contributed by atoms with Gasteiger partial charge in [-0.2, -0.15) is 0 Å². The van der Waals surface area contributed by atoms with E-state index in [-0.39, 0.29) is 0 Å². The maximum atomic E-state index is 11.1. The van der Waals surface area contributed by atoms with E-state index in [0.29, 0.717) is 6.54 Å². The lowest BCUT2D eigenvalue weighted by Crippen LogP contribution is -2.27. The van der Waals surface area contributed by atoms with Gasteiger partial charge in [-0.25, -0.2) is 0 Å². The van der Waals surface area contributed by atoms with E-state index in [0.717, 1.165) is 11.1 Å². The Labute approximate surface area is 89.3 Å². The predicted octanol–water partition coefficient (Wildman–Crippen LogP) is 0.833. The van der Waals surface area contributed by atoms with Crippen LogP contribution in [-0.4, -0.2) is 30.1 Å². The zero-order valence-electron chi connectivity index (χ0n) is 8.97. The van der Waals surface area contributed by atoms with Crippen LogP contribution in [0.25, 0.3) is 0 Å². The Hall–Kier alpha value is -1.39. The number of nitrogens with zero attached hydrogens (tertiary/aromatic N) is 1. The van der Waals surface area contributed by atoms with Gasteiger partial charge in [-0.3, -0.25) is 9.69 Å². The molecule has 4 nitrogen and oxygen atoms in total. The molecule has 0 aliphatic heterocycles. The fourth-order valence-corrected chi connectivity index (χ4v) is 1.55. The lowest BCUT2D eigenvalue weighted by Gasteiger charge is -2.20. The molecule has 1 aromatic rings. The third-order valence-electron chi connectivity index (χ3n) is 2.25. The summed E-state index contributed by atoms with van der Waals surface area (Å²) in [5, 5.41) is 9.09. The molecule has 0 aromatic heterocycles. The molecule has 0 amide bonds. The molecule has 1 aromatic carbocycles. The summed E-state index contributed by atoms with van der Waals surface area (Å²) in [7, 11) is 3.49. The van der Waals surface area contributed by atoms with E-state index in [1.807, 2.05) is 18.2 Å². The van der Waals surface area contributed by atoms with Gasteiger partial charge >= 0.3 is 5.97 Å². The number of nitrogens with two attached hydrogens (primary N) is 1. The van der Waals surface area contributed by atoms with Crippen LogP contribution in [0, 0.1) is 0 Å². The van der Waals surface area contributed by atoms with Gasteiger partial charge in [0.05, 0.1) is 0 Å². The Balaban J connectivity index is 3.05. The van der Waals surface area contributed by atoms with Crippen molar-refractivity contribution >= 4 is 5.97 Å². The molecule has 4 heteroatoms. The number of aliphatic carboxylic acids is 1. The average molecular weight is 208 g/mol. The largest absolute Gasteiger partial charge is 0.480 e. The number of rotatable bonds is 4. The first-order chi connectivity index (χ1) is 7.06. The summed E-state index contributed by atoms with van der Waals surface area (Å²) in [6, 6.07) is 6.74. The molecule has 0 fully saturated rings. The Morgan fingerprint density at radius 1 is 1.53 bits per heavy atom. The number of benzene rings is 1. The maximum absolute atomic E-state index is 11.1. The molecule has 3 N–H and O–H groups in total. The van der Waals surface area contributed by atoms with Crippen LogP contribution >= 0.6 is 0 Å². The Bertz CT molecular complexity index is 350. The molecule has 0 heterocycles. The molecule has 1 atom stereocenters. The first kappa shape index (κ1) is 11.7. The van der Waals surface area contributed by atoms with Crippen LogP contribution in [-0.2, 0) is 11.3 Å². The molecule has 0 aliphatic rings. The van der Waals surface area contributed by atoms with Gasteiger partial charge in [0.15, 0.2) is 0 Å². The monoisotopic (exact) mass is 208 g/mol. The van der Waals surface area contributed by atoms with Crippen LogP contribution in [0.5, 0.6) is 0 Å². The zero-order valence-corrected chi connectivity index (χ0v) is 8.97. The van der Waals surface area contributed by atoms with Crippen LogP contribution < -0.4 is 5.73 Å². The van der Waals surface area contributed by atoms with Crippen LogP contribution in [0.3, 0.4) is 0 Å². The van der Waals surface area contributed by atoms with Crippen LogP contribution in [0.2, 0.25) is 0 Å². The molecule has 0 spiro atoms. The molecule has 0 unspecified atom stereocenters. The number of hydrogen-bond donors (Lipinski definition) is 2. The fraction of sp³-hybridized carbons (Fsp3) is 0.364. The van der Waals surface area contributed by atoms with Gasteiger partial charge in [0.1, 0.15) is 6.04 Å². The van der Waals surface area contributed by atoms with E-state index in [1.165, 1.54) is 0 Å². The van der Waals surface area contributed by atoms with E-state index >= 15 is 0 Å². The van der Waals surface area contributed by atoms with Crippen molar-refractivity contribution in [3.63, 3.8) is 0 Å². The summed E-state index contributed by atoms with van der Waals surface area (Å²) in [5.74, 6) is -0.853. The van der Waals surface area contributed by atoms with Crippen molar-refractivity contribution in [2.75, 3.05) is 14.1 Å². The summed E-state index contributed by atoms with van der Waals surface area (Å²) >= 11 is 0. The highest BCUT2D eigenvalue weighted by molar-refractivity contribution is 5.75. The summed E-state index contributed by atoms with van der Waals surface area (Å²) in [4.78, 5) is 12.7. The Morgan fingerprint density at radius 3 is 2.67 bits per heavy atom. The van der Waals surface area contributed by atoms with E-state index in [2.05, 4.69) is 0 Å². The lowest BCUT2D eigenvalue weighted by molar-refractivity contribution is -0.142. The minimum Gasteiger partial charge on any atom is -0.480 e.